The van der Waals surface area contributed by atoms with Crippen LogP contribution in [0.4, 0.5) is 4.79 Å². The van der Waals surface area contributed by atoms with Crippen molar-refractivity contribution in [2.24, 2.45) is 0 Å². The van der Waals surface area contributed by atoms with E-state index in [1.807, 2.05) is 0 Å². The van der Waals surface area contributed by atoms with Crippen molar-refractivity contribution in [3.63, 3.8) is 0 Å². The third-order valence-corrected chi connectivity index (χ3v) is 2.79. The number of phenols is 1. The zero-order chi connectivity index (χ0) is 16.2. The summed E-state index contributed by atoms with van der Waals surface area (Å²) in [6.07, 6.45) is -0.947. The summed E-state index contributed by atoms with van der Waals surface area (Å²) < 4.78 is 5.01. The molecular weight excluding hydrogens is 298 g/mol. The molecule has 1 unspecified atom stereocenters. The van der Waals surface area contributed by atoms with Gasteiger partial charge in [0.25, 0.3) is 0 Å². The number of nitrogens with one attached hydrogen (secondary N) is 1. The van der Waals surface area contributed by atoms with Gasteiger partial charge in [0, 0.05) is 6.42 Å². The highest BCUT2D eigenvalue weighted by atomic mass is 35.5. The Balaban J connectivity index is 2.82. The lowest BCUT2D eigenvalue weighted by molar-refractivity contribution is -0.139. The number of phenolic OH excluding ortho intramolecular Hbond substituents is 1. The van der Waals surface area contributed by atoms with Crippen LogP contribution in [0.1, 0.15) is 26.3 Å². The molecule has 1 atom stereocenters. The Morgan fingerprint density at radius 1 is 1.38 bits per heavy atom. The van der Waals surface area contributed by atoms with Gasteiger partial charge in [-0.15, -0.1) is 0 Å². The van der Waals surface area contributed by atoms with E-state index in [2.05, 4.69) is 5.32 Å². The van der Waals surface area contributed by atoms with Crippen molar-refractivity contribution in [1.82, 2.24) is 5.32 Å². The minimum atomic E-state index is -1.24. The van der Waals surface area contributed by atoms with Gasteiger partial charge in [-0.2, -0.15) is 0 Å². The number of benzene rings is 1. The number of alkyl carbamates (subject to hydrolysis) is 1. The van der Waals surface area contributed by atoms with E-state index >= 15 is 0 Å². The van der Waals surface area contributed by atoms with Crippen molar-refractivity contribution < 1.29 is 24.5 Å². The van der Waals surface area contributed by atoms with Gasteiger partial charge in [0.05, 0.1) is 5.02 Å². The molecule has 0 saturated heterocycles. The SMILES string of the molecule is CC(C)(C)OC(=O)NC(Cc1cccc(Cl)c1O)C(=O)O. The normalized spacial score (nSPS) is 12.6. The summed E-state index contributed by atoms with van der Waals surface area (Å²) in [6, 6.07) is 3.37. The molecule has 0 spiro atoms. The van der Waals surface area contributed by atoms with Crippen molar-refractivity contribution in [1.29, 1.82) is 0 Å². The number of carbonyl (C=O) groups is 2. The van der Waals surface area contributed by atoms with E-state index in [-0.39, 0.29) is 17.2 Å². The fourth-order valence-corrected chi connectivity index (χ4v) is 1.79. The minimum absolute atomic E-state index is 0.110. The van der Waals surface area contributed by atoms with Crippen LogP contribution in [-0.4, -0.2) is 33.9 Å². The second-order valence-electron chi connectivity index (χ2n) is 5.49. The predicted molar refractivity (Wildman–Crippen MR) is 77.6 cm³/mol. The lowest BCUT2D eigenvalue weighted by atomic mass is 10.1. The van der Waals surface area contributed by atoms with E-state index in [4.69, 9.17) is 21.4 Å². The minimum Gasteiger partial charge on any atom is -0.506 e. The summed E-state index contributed by atoms with van der Waals surface area (Å²) in [5.74, 6) is -1.43. The molecule has 1 amide bonds. The van der Waals surface area contributed by atoms with Crippen molar-refractivity contribution >= 4 is 23.7 Å². The van der Waals surface area contributed by atoms with Crippen LogP contribution >= 0.6 is 11.6 Å². The maximum atomic E-state index is 11.6. The Kier molecular flexibility index (Phi) is 5.43. The Bertz CT molecular complexity index is 539. The van der Waals surface area contributed by atoms with Gasteiger partial charge in [0.15, 0.2) is 0 Å². The fourth-order valence-electron chi connectivity index (χ4n) is 1.59. The van der Waals surface area contributed by atoms with Gasteiger partial charge in [-0.3, -0.25) is 0 Å². The van der Waals surface area contributed by atoms with Gasteiger partial charge >= 0.3 is 12.1 Å². The molecule has 0 aliphatic carbocycles. The average molecular weight is 316 g/mol. The van der Waals surface area contributed by atoms with Gasteiger partial charge in [-0.05, 0) is 32.4 Å². The smallest absolute Gasteiger partial charge is 0.408 e. The molecule has 1 aromatic carbocycles. The summed E-state index contributed by atoms with van der Waals surface area (Å²) in [4.78, 5) is 22.8. The Morgan fingerprint density at radius 3 is 2.52 bits per heavy atom. The topological polar surface area (TPSA) is 95.9 Å². The zero-order valence-corrected chi connectivity index (χ0v) is 12.8. The van der Waals surface area contributed by atoms with E-state index in [0.29, 0.717) is 5.56 Å². The number of amides is 1. The van der Waals surface area contributed by atoms with Crippen LogP contribution in [0.5, 0.6) is 5.75 Å². The molecule has 0 heterocycles. The molecule has 0 aromatic heterocycles. The number of halogens is 1. The van der Waals surface area contributed by atoms with E-state index in [9.17, 15) is 14.7 Å². The first kappa shape index (κ1) is 17.1. The number of carboxylic acid groups (broad SMARTS) is 1. The average Bonchev–Trinajstić information content (AvgIpc) is 2.31. The zero-order valence-electron chi connectivity index (χ0n) is 12.0. The standard InChI is InChI=1S/C14H18ClNO5/c1-14(2,3)21-13(20)16-10(12(18)19)7-8-5-4-6-9(15)11(8)17/h4-6,10,17H,7H2,1-3H3,(H,16,20)(H,18,19). The van der Waals surface area contributed by atoms with Gasteiger partial charge in [-0.1, -0.05) is 23.7 Å². The van der Waals surface area contributed by atoms with Crippen molar-refractivity contribution in [3.05, 3.63) is 28.8 Å². The van der Waals surface area contributed by atoms with Crippen LogP contribution in [0.25, 0.3) is 0 Å². The quantitative estimate of drug-likeness (QED) is 0.793. The molecule has 21 heavy (non-hydrogen) atoms. The van der Waals surface area contributed by atoms with Crippen molar-refractivity contribution in [2.75, 3.05) is 0 Å². The van der Waals surface area contributed by atoms with Crippen LogP contribution in [-0.2, 0) is 16.0 Å². The number of hydrogen-bond acceptors (Lipinski definition) is 4. The van der Waals surface area contributed by atoms with Gasteiger partial charge in [0.2, 0.25) is 0 Å². The third-order valence-electron chi connectivity index (χ3n) is 2.48. The highest BCUT2D eigenvalue weighted by Crippen LogP contribution is 2.27. The number of carbonyl (C=O) groups excluding carboxylic acids is 1. The molecule has 3 N–H and O–H groups in total. The van der Waals surface area contributed by atoms with Gasteiger partial charge in [0.1, 0.15) is 17.4 Å². The summed E-state index contributed by atoms with van der Waals surface area (Å²) in [7, 11) is 0. The molecule has 6 nitrogen and oxygen atoms in total. The third kappa shape index (κ3) is 5.51. The maximum Gasteiger partial charge on any atom is 0.408 e. The number of rotatable bonds is 4. The molecular formula is C14H18ClNO5. The molecule has 0 bridgehead atoms. The van der Waals surface area contributed by atoms with Crippen molar-refractivity contribution in [2.45, 2.75) is 38.8 Å². The van der Waals surface area contributed by atoms with Crippen LogP contribution in [0.3, 0.4) is 0 Å². The number of carboxylic acids is 1. The first-order valence-electron chi connectivity index (χ1n) is 6.29. The molecule has 1 aromatic rings. The number of para-hydroxylation sites is 1. The number of aliphatic carboxylic acids is 1. The van der Waals surface area contributed by atoms with E-state index < -0.39 is 23.7 Å². The van der Waals surface area contributed by atoms with E-state index in [1.54, 1.807) is 26.8 Å². The maximum absolute atomic E-state index is 11.6. The summed E-state index contributed by atoms with van der Waals surface area (Å²) >= 11 is 5.76. The first-order valence-corrected chi connectivity index (χ1v) is 6.66. The monoisotopic (exact) mass is 315 g/mol. The van der Waals surface area contributed by atoms with Crippen LogP contribution in [0.15, 0.2) is 18.2 Å². The Morgan fingerprint density at radius 2 is 2.00 bits per heavy atom. The lowest BCUT2D eigenvalue weighted by Gasteiger charge is -2.22. The Hall–Kier alpha value is -1.95. The fraction of sp³-hybridized carbons (Fsp3) is 0.429. The lowest BCUT2D eigenvalue weighted by Crippen LogP contribution is -2.44. The molecule has 0 fully saturated rings. The Labute approximate surface area is 127 Å². The van der Waals surface area contributed by atoms with Crippen LogP contribution in [0, 0.1) is 0 Å². The molecule has 1 rings (SSSR count). The molecule has 0 aliphatic rings. The molecule has 116 valence electrons. The van der Waals surface area contributed by atoms with E-state index in [0.717, 1.165) is 0 Å². The highest BCUT2D eigenvalue weighted by molar-refractivity contribution is 6.32. The summed E-state index contributed by atoms with van der Waals surface area (Å²) in [6.45, 7) is 5.02. The second kappa shape index (κ2) is 6.67. The largest absolute Gasteiger partial charge is 0.506 e. The molecule has 7 heteroatoms. The van der Waals surface area contributed by atoms with Crippen molar-refractivity contribution in [3.8, 4) is 5.75 Å². The molecule has 0 saturated carbocycles. The first-order chi connectivity index (χ1) is 9.60. The van der Waals surface area contributed by atoms with E-state index in [1.165, 1.54) is 12.1 Å². The predicted octanol–water partition coefficient (Wildman–Crippen LogP) is 2.57. The summed E-state index contributed by atoms with van der Waals surface area (Å²) in [5.41, 5.74) is -0.406. The molecule has 0 aliphatic heterocycles. The highest BCUT2D eigenvalue weighted by Gasteiger charge is 2.25. The number of ether oxygens (including phenoxy) is 1. The number of aromatic hydroxyl groups is 1. The summed E-state index contributed by atoms with van der Waals surface area (Å²) in [5, 5.41) is 21.3. The number of hydrogen-bond donors (Lipinski definition) is 3. The van der Waals surface area contributed by atoms with Crippen LogP contribution in [0.2, 0.25) is 5.02 Å². The van der Waals surface area contributed by atoms with Gasteiger partial charge in [-0.25, -0.2) is 9.59 Å². The molecule has 0 radical (unpaired) electrons. The van der Waals surface area contributed by atoms with Crippen LogP contribution < -0.4 is 5.32 Å². The second-order valence-corrected chi connectivity index (χ2v) is 5.90. The van der Waals surface area contributed by atoms with Gasteiger partial charge < -0.3 is 20.3 Å².